The molecular formula is C23H39N3O7. The van der Waals surface area contributed by atoms with Gasteiger partial charge in [0.1, 0.15) is 19.8 Å². The molecule has 4 N–H and O–H groups in total. The first-order valence-corrected chi connectivity index (χ1v) is 11.9. The molecule has 3 rings (SSSR count). The molecule has 0 bridgehead atoms. The van der Waals surface area contributed by atoms with Crippen LogP contribution >= 0.6 is 0 Å². The lowest BCUT2D eigenvalue weighted by atomic mass is 9.91. The summed E-state index contributed by atoms with van der Waals surface area (Å²) >= 11 is 0. The van der Waals surface area contributed by atoms with E-state index in [-0.39, 0.29) is 73.8 Å². The summed E-state index contributed by atoms with van der Waals surface area (Å²) in [4.78, 5) is 37.6. The van der Waals surface area contributed by atoms with Gasteiger partial charge in [-0.3, -0.25) is 14.4 Å². The first-order chi connectivity index (χ1) is 15.5. The van der Waals surface area contributed by atoms with E-state index in [1.165, 1.54) is 0 Å². The maximum Gasteiger partial charge on any atom is 0.310 e. The van der Waals surface area contributed by atoms with Crippen LogP contribution in [-0.2, 0) is 28.6 Å². The van der Waals surface area contributed by atoms with E-state index in [0.29, 0.717) is 0 Å². The van der Waals surface area contributed by atoms with E-state index in [1.807, 2.05) is 20.8 Å². The molecular weight excluding hydrogens is 430 g/mol. The summed E-state index contributed by atoms with van der Waals surface area (Å²) in [6.45, 7) is 10.1. The largest absolute Gasteiger partial charge is 0.464 e. The lowest BCUT2D eigenvalue weighted by Gasteiger charge is -2.31. The van der Waals surface area contributed by atoms with Crippen LogP contribution in [0.2, 0.25) is 0 Å². The number of rotatable bonds is 13. The van der Waals surface area contributed by atoms with Gasteiger partial charge in [0.2, 0.25) is 0 Å². The number of esters is 3. The number of nitrogens with one attached hydrogen (secondary N) is 3. The number of carbonyl (C=O) groups is 3. The molecule has 0 amide bonds. The van der Waals surface area contributed by atoms with Crippen molar-refractivity contribution in [1.82, 2.24) is 16.0 Å². The zero-order valence-corrected chi connectivity index (χ0v) is 20.4. The molecule has 33 heavy (non-hydrogen) atoms. The van der Waals surface area contributed by atoms with Gasteiger partial charge >= 0.3 is 17.9 Å². The zero-order chi connectivity index (χ0) is 24.5. The van der Waals surface area contributed by atoms with E-state index in [9.17, 15) is 19.5 Å². The predicted molar refractivity (Wildman–Crippen MR) is 119 cm³/mol. The molecule has 3 saturated heterocycles. The summed E-state index contributed by atoms with van der Waals surface area (Å²) < 4.78 is 16.5. The normalized spacial score (nSPS) is 34.3. The minimum atomic E-state index is -1.24. The second-order valence-corrected chi connectivity index (χ2v) is 10.3. The summed E-state index contributed by atoms with van der Waals surface area (Å²) in [7, 11) is 0. The molecule has 10 nitrogen and oxygen atoms in total. The molecule has 0 aromatic heterocycles. The van der Waals surface area contributed by atoms with E-state index < -0.39 is 29.9 Å². The van der Waals surface area contributed by atoms with Crippen LogP contribution in [0, 0.1) is 23.2 Å². The molecule has 9 atom stereocenters. The van der Waals surface area contributed by atoms with Crippen molar-refractivity contribution in [3.05, 3.63) is 0 Å². The van der Waals surface area contributed by atoms with Gasteiger partial charge < -0.3 is 35.3 Å². The quantitative estimate of drug-likeness (QED) is 0.158. The highest BCUT2D eigenvalue weighted by atomic mass is 16.6. The fraction of sp³-hybridized carbons (Fsp3) is 0.870. The van der Waals surface area contributed by atoms with Crippen LogP contribution < -0.4 is 16.0 Å². The highest BCUT2D eigenvalue weighted by molar-refractivity contribution is 5.75. The Morgan fingerprint density at radius 2 is 0.939 bits per heavy atom. The molecule has 3 aliphatic rings. The lowest BCUT2D eigenvalue weighted by molar-refractivity contribution is -0.169. The van der Waals surface area contributed by atoms with Gasteiger partial charge in [0.05, 0.1) is 29.8 Å². The summed E-state index contributed by atoms with van der Waals surface area (Å²) in [6, 6.07) is 0.906. The van der Waals surface area contributed by atoms with Crippen molar-refractivity contribution >= 4 is 17.9 Å². The Balaban J connectivity index is 1.60. The molecule has 10 heteroatoms. The summed E-state index contributed by atoms with van der Waals surface area (Å²) in [5.41, 5.74) is -1.24. The first-order valence-electron chi connectivity index (χ1n) is 11.9. The number of hydrogen-bond donors (Lipinski definition) is 4. The standard InChI is InChI=1S/C23H39N3O7/c1-11(17-14(4)24-17)20(28)31-8-23(7-27,9-32-21(29)12(2)18-15(5)25-18)10-33-22(30)13(3)19-16(6)26-19/h11-19,24-27H,7-10H2,1-6H3. The predicted octanol–water partition coefficient (Wildman–Crippen LogP) is -0.416. The Labute approximate surface area is 195 Å². The van der Waals surface area contributed by atoms with E-state index >= 15 is 0 Å². The summed E-state index contributed by atoms with van der Waals surface area (Å²) in [6.07, 6.45) is 0. The van der Waals surface area contributed by atoms with Gasteiger partial charge in [-0.25, -0.2) is 0 Å². The second-order valence-electron chi connectivity index (χ2n) is 10.3. The molecule has 0 saturated carbocycles. The third-order valence-corrected chi connectivity index (χ3v) is 7.28. The average Bonchev–Trinajstić information content (AvgIpc) is 3.73. The fourth-order valence-corrected chi connectivity index (χ4v) is 4.24. The molecule has 0 aromatic rings. The molecule has 0 aromatic carbocycles. The Hall–Kier alpha value is -1.75. The summed E-state index contributed by atoms with van der Waals surface area (Å²) in [5, 5.41) is 19.7. The van der Waals surface area contributed by atoms with Crippen molar-refractivity contribution in [2.24, 2.45) is 23.2 Å². The van der Waals surface area contributed by atoms with Crippen molar-refractivity contribution < 1.29 is 33.7 Å². The maximum absolute atomic E-state index is 12.5. The number of hydrogen-bond acceptors (Lipinski definition) is 10. The van der Waals surface area contributed by atoms with Crippen LogP contribution in [0.1, 0.15) is 41.5 Å². The second kappa shape index (κ2) is 10.2. The topological polar surface area (TPSA) is 165 Å². The monoisotopic (exact) mass is 469 g/mol. The molecule has 188 valence electrons. The molecule has 3 heterocycles. The molecule has 0 aliphatic carbocycles. The van der Waals surface area contributed by atoms with E-state index in [0.717, 1.165) is 0 Å². The minimum Gasteiger partial charge on any atom is -0.464 e. The van der Waals surface area contributed by atoms with Crippen molar-refractivity contribution in [3.63, 3.8) is 0 Å². The molecule has 9 unspecified atom stereocenters. The van der Waals surface area contributed by atoms with Crippen molar-refractivity contribution in [3.8, 4) is 0 Å². The van der Waals surface area contributed by atoms with Crippen LogP contribution in [0.3, 0.4) is 0 Å². The van der Waals surface area contributed by atoms with Gasteiger partial charge in [0.15, 0.2) is 0 Å². The molecule has 0 radical (unpaired) electrons. The lowest BCUT2D eigenvalue weighted by Crippen LogP contribution is -2.44. The third-order valence-electron chi connectivity index (χ3n) is 7.28. The van der Waals surface area contributed by atoms with E-state index in [4.69, 9.17) is 14.2 Å². The highest BCUT2D eigenvalue weighted by Gasteiger charge is 2.45. The molecule has 3 aliphatic heterocycles. The SMILES string of the molecule is CC1NC1C(C)C(=O)OCC(CO)(COC(=O)C(C)C1NC1C)COC(=O)C(C)C1NC1C. The Morgan fingerprint density at radius 3 is 1.12 bits per heavy atom. The number of ether oxygens (including phenoxy) is 3. The van der Waals surface area contributed by atoms with Gasteiger partial charge in [-0.05, 0) is 20.8 Å². The van der Waals surface area contributed by atoms with Gasteiger partial charge in [0, 0.05) is 36.3 Å². The van der Waals surface area contributed by atoms with Gasteiger partial charge in [-0.2, -0.15) is 0 Å². The van der Waals surface area contributed by atoms with Crippen LogP contribution in [0.5, 0.6) is 0 Å². The smallest absolute Gasteiger partial charge is 0.310 e. The Morgan fingerprint density at radius 1 is 0.697 bits per heavy atom. The Kier molecular flexibility index (Phi) is 8.03. The minimum absolute atomic E-state index is 0.0550. The van der Waals surface area contributed by atoms with Crippen LogP contribution in [-0.4, -0.2) is 85.7 Å². The van der Waals surface area contributed by atoms with E-state index in [1.54, 1.807) is 20.8 Å². The fourth-order valence-electron chi connectivity index (χ4n) is 4.24. The van der Waals surface area contributed by atoms with Crippen molar-refractivity contribution in [2.75, 3.05) is 26.4 Å². The summed E-state index contributed by atoms with van der Waals surface area (Å²) in [5.74, 6) is -2.31. The van der Waals surface area contributed by atoms with Crippen molar-refractivity contribution in [2.45, 2.75) is 77.8 Å². The van der Waals surface area contributed by atoms with Gasteiger partial charge in [-0.1, -0.05) is 20.8 Å². The Bertz CT molecular complexity index is 654. The number of carbonyl (C=O) groups excluding carboxylic acids is 3. The first kappa shape index (κ1) is 25.9. The van der Waals surface area contributed by atoms with Crippen LogP contribution in [0.25, 0.3) is 0 Å². The average molecular weight is 470 g/mol. The maximum atomic E-state index is 12.5. The van der Waals surface area contributed by atoms with E-state index in [2.05, 4.69) is 16.0 Å². The zero-order valence-electron chi connectivity index (χ0n) is 20.4. The van der Waals surface area contributed by atoms with Crippen molar-refractivity contribution in [1.29, 1.82) is 0 Å². The third kappa shape index (κ3) is 6.44. The number of aliphatic hydroxyl groups is 1. The molecule has 0 spiro atoms. The van der Waals surface area contributed by atoms with Gasteiger partial charge in [0.25, 0.3) is 0 Å². The highest BCUT2D eigenvalue weighted by Crippen LogP contribution is 2.27. The molecule has 3 fully saturated rings. The van der Waals surface area contributed by atoms with Crippen LogP contribution in [0.15, 0.2) is 0 Å². The number of aliphatic hydroxyl groups excluding tert-OH is 1. The van der Waals surface area contributed by atoms with Crippen LogP contribution in [0.4, 0.5) is 0 Å². The van der Waals surface area contributed by atoms with Gasteiger partial charge in [-0.15, -0.1) is 0 Å².